The van der Waals surface area contributed by atoms with Crippen molar-refractivity contribution in [3.63, 3.8) is 0 Å². The van der Waals surface area contributed by atoms with Crippen LogP contribution < -0.4 is 10.6 Å². The molecule has 0 spiro atoms. The van der Waals surface area contributed by atoms with Crippen molar-refractivity contribution >= 4 is 11.7 Å². The Labute approximate surface area is 82.1 Å². The van der Waals surface area contributed by atoms with E-state index in [4.69, 9.17) is 15.5 Å². The number of nitriles is 1. The number of anilines is 2. The molecular formula is C9H12N4O. The number of nitrogen functional groups attached to an aromatic ring is 1. The summed E-state index contributed by atoms with van der Waals surface area (Å²) in [7, 11) is 0. The molecule has 0 bridgehead atoms. The van der Waals surface area contributed by atoms with Crippen molar-refractivity contribution in [2.45, 2.75) is 19.3 Å². The maximum atomic E-state index is 8.86. The largest absolute Gasteiger partial charge is 0.366 e. The summed E-state index contributed by atoms with van der Waals surface area (Å²) in [6.45, 7) is 1.86. The Kier molecular flexibility index (Phi) is 2.27. The molecule has 1 saturated heterocycles. The number of hydrogen-bond donors (Lipinski definition) is 1. The summed E-state index contributed by atoms with van der Waals surface area (Å²) in [6, 6.07) is 2.02. The molecule has 14 heavy (non-hydrogen) atoms. The van der Waals surface area contributed by atoms with E-state index in [0.29, 0.717) is 11.4 Å². The molecule has 5 nitrogen and oxygen atoms in total. The first-order valence-corrected chi connectivity index (χ1v) is 4.73. The molecule has 1 aliphatic rings. The molecule has 2 N–H and O–H groups in total. The second-order valence-electron chi connectivity index (χ2n) is 3.40. The van der Waals surface area contributed by atoms with Gasteiger partial charge in [-0.1, -0.05) is 5.16 Å². The molecule has 0 aromatic carbocycles. The minimum atomic E-state index is 0.119. The van der Waals surface area contributed by atoms with E-state index < -0.39 is 0 Å². The first-order chi connectivity index (χ1) is 6.83. The van der Waals surface area contributed by atoms with E-state index in [2.05, 4.69) is 10.1 Å². The Bertz CT molecular complexity index is 359. The highest BCUT2D eigenvalue weighted by atomic mass is 16.5. The van der Waals surface area contributed by atoms with Gasteiger partial charge in [0.1, 0.15) is 6.07 Å². The quantitative estimate of drug-likeness (QED) is 0.721. The Hall–Kier alpha value is -1.70. The van der Waals surface area contributed by atoms with E-state index >= 15 is 0 Å². The molecule has 1 aromatic rings. The van der Waals surface area contributed by atoms with Gasteiger partial charge in [0.15, 0.2) is 11.4 Å². The van der Waals surface area contributed by atoms with Gasteiger partial charge in [-0.05, 0) is 19.3 Å². The van der Waals surface area contributed by atoms with E-state index in [-0.39, 0.29) is 5.88 Å². The molecule has 0 amide bonds. The molecule has 0 aliphatic carbocycles. The summed E-state index contributed by atoms with van der Waals surface area (Å²) in [4.78, 5) is 2.06. The standard InChI is InChI=1S/C9H12N4O/c10-6-7-8(11)14-12-9(7)13-4-2-1-3-5-13/h1-5,11H2. The number of nitrogens with two attached hydrogens (primary N) is 1. The van der Waals surface area contributed by atoms with Crippen LogP contribution in [0, 0.1) is 11.3 Å². The lowest BCUT2D eigenvalue weighted by Crippen LogP contribution is -2.30. The van der Waals surface area contributed by atoms with Crippen LogP contribution in [-0.4, -0.2) is 18.2 Å². The van der Waals surface area contributed by atoms with Crippen molar-refractivity contribution in [3.8, 4) is 6.07 Å². The highest BCUT2D eigenvalue weighted by Crippen LogP contribution is 2.26. The predicted octanol–water partition coefficient (Wildman–Crippen LogP) is 1.12. The topological polar surface area (TPSA) is 79.1 Å². The molecular weight excluding hydrogens is 180 g/mol. The second kappa shape index (κ2) is 3.58. The van der Waals surface area contributed by atoms with Crippen LogP contribution >= 0.6 is 0 Å². The lowest BCUT2D eigenvalue weighted by molar-refractivity contribution is 0.431. The van der Waals surface area contributed by atoms with Crippen LogP contribution in [0.3, 0.4) is 0 Å². The molecule has 1 aliphatic heterocycles. The molecule has 1 aromatic heterocycles. The number of aromatic nitrogens is 1. The van der Waals surface area contributed by atoms with Gasteiger partial charge in [0.25, 0.3) is 0 Å². The zero-order chi connectivity index (χ0) is 9.97. The minimum absolute atomic E-state index is 0.119. The summed E-state index contributed by atoms with van der Waals surface area (Å²) >= 11 is 0. The van der Waals surface area contributed by atoms with Gasteiger partial charge in [-0.25, -0.2) is 0 Å². The Balaban J connectivity index is 2.26. The summed E-state index contributed by atoms with van der Waals surface area (Å²) in [5.41, 5.74) is 5.85. The third-order valence-corrected chi connectivity index (χ3v) is 2.47. The molecule has 0 unspecified atom stereocenters. The Morgan fingerprint density at radius 2 is 2.07 bits per heavy atom. The first-order valence-electron chi connectivity index (χ1n) is 4.73. The number of piperidine rings is 1. The van der Waals surface area contributed by atoms with Crippen molar-refractivity contribution in [2.75, 3.05) is 23.7 Å². The summed E-state index contributed by atoms with van der Waals surface area (Å²) < 4.78 is 4.80. The number of nitrogens with zero attached hydrogens (tertiary/aromatic N) is 3. The molecule has 0 radical (unpaired) electrons. The average Bonchev–Trinajstić information content (AvgIpc) is 2.61. The summed E-state index contributed by atoms with van der Waals surface area (Å²) in [5, 5.41) is 12.7. The normalized spacial score (nSPS) is 16.6. The zero-order valence-corrected chi connectivity index (χ0v) is 7.86. The summed E-state index contributed by atoms with van der Waals surface area (Å²) in [6.07, 6.45) is 3.51. The van der Waals surface area contributed by atoms with Crippen molar-refractivity contribution in [2.24, 2.45) is 0 Å². The van der Waals surface area contributed by atoms with Crippen molar-refractivity contribution < 1.29 is 4.52 Å². The highest BCUT2D eigenvalue weighted by Gasteiger charge is 2.20. The monoisotopic (exact) mass is 192 g/mol. The predicted molar refractivity (Wildman–Crippen MR) is 51.7 cm³/mol. The SMILES string of the molecule is N#Cc1c(N2CCCCC2)noc1N. The van der Waals surface area contributed by atoms with E-state index in [1.54, 1.807) is 0 Å². The minimum Gasteiger partial charge on any atom is -0.366 e. The van der Waals surface area contributed by atoms with Gasteiger partial charge < -0.3 is 15.2 Å². The van der Waals surface area contributed by atoms with E-state index in [1.165, 1.54) is 6.42 Å². The van der Waals surface area contributed by atoms with E-state index in [1.807, 2.05) is 6.07 Å². The fourth-order valence-corrected chi connectivity index (χ4v) is 1.72. The van der Waals surface area contributed by atoms with Crippen LogP contribution in [0.4, 0.5) is 11.7 Å². The van der Waals surface area contributed by atoms with Gasteiger partial charge in [0.05, 0.1) is 0 Å². The highest BCUT2D eigenvalue weighted by molar-refractivity contribution is 5.62. The van der Waals surface area contributed by atoms with Crippen LogP contribution in [0.5, 0.6) is 0 Å². The van der Waals surface area contributed by atoms with Crippen LogP contribution in [-0.2, 0) is 0 Å². The molecule has 74 valence electrons. The van der Waals surface area contributed by atoms with Gasteiger partial charge in [-0.3, -0.25) is 0 Å². The van der Waals surface area contributed by atoms with Crippen molar-refractivity contribution in [3.05, 3.63) is 5.56 Å². The lowest BCUT2D eigenvalue weighted by Gasteiger charge is -2.25. The van der Waals surface area contributed by atoms with Crippen molar-refractivity contribution in [1.82, 2.24) is 5.16 Å². The van der Waals surface area contributed by atoms with Gasteiger partial charge in [-0.2, -0.15) is 5.26 Å². The molecule has 1 fully saturated rings. The summed E-state index contributed by atoms with van der Waals surface area (Å²) in [5.74, 6) is 0.720. The first kappa shape index (κ1) is 8.88. The lowest BCUT2D eigenvalue weighted by atomic mass is 10.1. The molecule has 2 rings (SSSR count). The fraction of sp³-hybridized carbons (Fsp3) is 0.556. The average molecular weight is 192 g/mol. The number of hydrogen-bond acceptors (Lipinski definition) is 5. The molecule has 2 heterocycles. The van der Waals surface area contributed by atoms with Crippen LogP contribution in [0.25, 0.3) is 0 Å². The van der Waals surface area contributed by atoms with Gasteiger partial charge in [-0.15, -0.1) is 0 Å². The Morgan fingerprint density at radius 1 is 1.36 bits per heavy atom. The van der Waals surface area contributed by atoms with Gasteiger partial charge >= 0.3 is 0 Å². The van der Waals surface area contributed by atoms with Gasteiger partial charge in [0.2, 0.25) is 5.88 Å². The van der Waals surface area contributed by atoms with E-state index in [9.17, 15) is 0 Å². The second-order valence-corrected chi connectivity index (χ2v) is 3.40. The fourth-order valence-electron chi connectivity index (χ4n) is 1.72. The third-order valence-electron chi connectivity index (χ3n) is 2.47. The maximum Gasteiger partial charge on any atom is 0.242 e. The molecule has 0 saturated carbocycles. The Morgan fingerprint density at radius 3 is 2.71 bits per heavy atom. The smallest absolute Gasteiger partial charge is 0.242 e. The number of rotatable bonds is 1. The van der Waals surface area contributed by atoms with Gasteiger partial charge in [0, 0.05) is 13.1 Å². The zero-order valence-electron chi connectivity index (χ0n) is 7.86. The van der Waals surface area contributed by atoms with E-state index in [0.717, 1.165) is 25.9 Å². The van der Waals surface area contributed by atoms with Crippen molar-refractivity contribution in [1.29, 1.82) is 5.26 Å². The van der Waals surface area contributed by atoms with Crippen LogP contribution in [0.15, 0.2) is 4.52 Å². The third kappa shape index (κ3) is 1.39. The molecule has 0 atom stereocenters. The maximum absolute atomic E-state index is 8.86. The molecule has 5 heteroatoms. The van der Waals surface area contributed by atoms with Crippen LogP contribution in [0.2, 0.25) is 0 Å². The van der Waals surface area contributed by atoms with Crippen LogP contribution in [0.1, 0.15) is 24.8 Å².